The number of carbonyl (C=O) groups is 1. The molecule has 0 aromatic carbocycles. The SMILES string of the molecule is Cc1nn(C(C)C)c2cn(CC(=O)N3CCSCC3)nc12. The lowest BCUT2D eigenvalue weighted by molar-refractivity contribution is -0.131. The second kappa shape index (κ2) is 5.71. The van der Waals surface area contributed by atoms with E-state index in [1.165, 1.54) is 0 Å². The fourth-order valence-electron chi connectivity index (χ4n) is 2.63. The smallest absolute Gasteiger partial charge is 0.244 e. The maximum absolute atomic E-state index is 12.3. The fraction of sp³-hybridized carbons (Fsp3) is 0.643. The van der Waals surface area contributed by atoms with Crippen LogP contribution in [0, 0.1) is 6.92 Å². The number of fused-ring (bicyclic) bond motifs is 1. The summed E-state index contributed by atoms with van der Waals surface area (Å²) in [6.07, 6.45) is 1.94. The van der Waals surface area contributed by atoms with Crippen molar-refractivity contribution in [3.05, 3.63) is 11.9 Å². The predicted molar refractivity (Wildman–Crippen MR) is 84.5 cm³/mol. The Morgan fingerprint density at radius 1 is 1.33 bits per heavy atom. The van der Waals surface area contributed by atoms with Crippen LogP contribution in [-0.2, 0) is 11.3 Å². The van der Waals surface area contributed by atoms with Crippen LogP contribution in [0.5, 0.6) is 0 Å². The van der Waals surface area contributed by atoms with E-state index < -0.39 is 0 Å². The molecule has 0 atom stereocenters. The van der Waals surface area contributed by atoms with Gasteiger partial charge in [0.25, 0.3) is 0 Å². The van der Waals surface area contributed by atoms with E-state index in [2.05, 4.69) is 24.0 Å². The van der Waals surface area contributed by atoms with Crippen molar-refractivity contribution in [2.45, 2.75) is 33.4 Å². The van der Waals surface area contributed by atoms with Gasteiger partial charge in [0.05, 0.1) is 11.9 Å². The molecule has 6 nitrogen and oxygen atoms in total. The Bertz CT molecular complexity index is 654. The van der Waals surface area contributed by atoms with Gasteiger partial charge in [-0.15, -0.1) is 0 Å². The topological polar surface area (TPSA) is 56.0 Å². The van der Waals surface area contributed by atoms with Gasteiger partial charge in [-0.1, -0.05) is 0 Å². The molecule has 0 bridgehead atoms. The molecule has 0 spiro atoms. The fourth-order valence-corrected chi connectivity index (χ4v) is 3.53. The molecule has 1 fully saturated rings. The molecule has 0 N–H and O–H groups in total. The molecular weight excluding hydrogens is 286 g/mol. The molecule has 2 aromatic heterocycles. The van der Waals surface area contributed by atoms with Gasteiger partial charge in [0.15, 0.2) is 0 Å². The van der Waals surface area contributed by atoms with Gasteiger partial charge in [-0.3, -0.25) is 14.2 Å². The summed E-state index contributed by atoms with van der Waals surface area (Å²) in [4.78, 5) is 14.2. The number of hydrogen-bond donors (Lipinski definition) is 0. The third kappa shape index (κ3) is 2.79. The van der Waals surface area contributed by atoms with Crippen molar-refractivity contribution in [1.82, 2.24) is 24.5 Å². The molecule has 0 saturated carbocycles. The highest BCUT2D eigenvalue weighted by Gasteiger charge is 2.19. The van der Waals surface area contributed by atoms with Crippen molar-refractivity contribution in [3.8, 4) is 0 Å². The largest absolute Gasteiger partial charge is 0.339 e. The molecule has 2 aromatic rings. The van der Waals surface area contributed by atoms with Gasteiger partial charge in [-0.2, -0.15) is 22.0 Å². The van der Waals surface area contributed by atoms with Crippen molar-refractivity contribution in [3.63, 3.8) is 0 Å². The van der Waals surface area contributed by atoms with Gasteiger partial charge in [0.1, 0.15) is 17.6 Å². The van der Waals surface area contributed by atoms with Gasteiger partial charge in [0.2, 0.25) is 5.91 Å². The first kappa shape index (κ1) is 14.4. The second-order valence-corrected chi connectivity index (χ2v) is 6.90. The maximum atomic E-state index is 12.3. The number of rotatable bonds is 3. The monoisotopic (exact) mass is 307 g/mol. The van der Waals surface area contributed by atoms with Gasteiger partial charge >= 0.3 is 0 Å². The number of aryl methyl sites for hydroxylation is 1. The Hall–Kier alpha value is -1.50. The first-order chi connectivity index (χ1) is 10.1. The van der Waals surface area contributed by atoms with E-state index >= 15 is 0 Å². The number of carbonyl (C=O) groups excluding carboxylic acids is 1. The lowest BCUT2D eigenvalue weighted by atomic mass is 10.3. The van der Waals surface area contributed by atoms with Gasteiger partial charge in [0, 0.05) is 30.6 Å². The Balaban J connectivity index is 1.81. The third-order valence-corrected chi connectivity index (χ3v) is 4.68. The molecular formula is C14H21N5OS. The van der Waals surface area contributed by atoms with Crippen LogP contribution in [0.15, 0.2) is 6.20 Å². The molecule has 1 aliphatic heterocycles. The van der Waals surface area contributed by atoms with Crippen molar-refractivity contribution in [2.75, 3.05) is 24.6 Å². The van der Waals surface area contributed by atoms with Gasteiger partial charge < -0.3 is 4.90 Å². The summed E-state index contributed by atoms with van der Waals surface area (Å²) in [6, 6.07) is 0.286. The Labute approximate surface area is 128 Å². The summed E-state index contributed by atoms with van der Waals surface area (Å²) in [7, 11) is 0. The van der Waals surface area contributed by atoms with Crippen LogP contribution in [0.3, 0.4) is 0 Å². The molecule has 1 aliphatic rings. The minimum Gasteiger partial charge on any atom is -0.339 e. The zero-order chi connectivity index (χ0) is 15.0. The average Bonchev–Trinajstić information content (AvgIpc) is 3.00. The minimum atomic E-state index is 0.155. The summed E-state index contributed by atoms with van der Waals surface area (Å²) < 4.78 is 3.72. The van der Waals surface area contributed by atoms with Gasteiger partial charge in [-0.05, 0) is 20.8 Å². The van der Waals surface area contributed by atoms with Crippen LogP contribution in [0.1, 0.15) is 25.6 Å². The van der Waals surface area contributed by atoms with Crippen molar-refractivity contribution in [1.29, 1.82) is 0 Å². The van der Waals surface area contributed by atoms with E-state index in [-0.39, 0.29) is 11.9 Å². The van der Waals surface area contributed by atoms with Crippen molar-refractivity contribution < 1.29 is 4.79 Å². The van der Waals surface area contributed by atoms with Crippen LogP contribution in [0.25, 0.3) is 11.0 Å². The van der Waals surface area contributed by atoms with E-state index in [1.54, 1.807) is 4.68 Å². The summed E-state index contributed by atoms with van der Waals surface area (Å²) in [6.45, 7) is 8.17. The Morgan fingerprint density at radius 3 is 2.71 bits per heavy atom. The lowest BCUT2D eigenvalue weighted by Gasteiger charge is -2.26. The Kier molecular flexibility index (Phi) is 3.93. The average molecular weight is 307 g/mol. The summed E-state index contributed by atoms with van der Waals surface area (Å²) in [5, 5.41) is 9.03. The summed E-state index contributed by atoms with van der Waals surface area (Å²) in [5.41, 5.74) is 2.81. The highest BCUT2D eigenvalue weighted by atomic mass is 32.2. The van der Waals surface area contributed by atoms with Crippen LogP contribution in [0.2, 0.25) is 0 Å². The van der Waals surface area contributed by atoms with E-state index in [0.717, 1.165) is 41.3 Å². The van der Waals surface area contributed by atoms with Gasteiger partial charge in [-0.25, -0.2) is 0 Å². The third-order valence-electron chi connectivity index (χ3n) is 3.74. The zero-order valence-corrected chi connectivity index (χ0v) is 13.6. The normalized spacial score (nSPS) is 16.1. The van der Waals surface area contributed by atoms with E-state index in [1.807, 2.05) is 34.5 Å². The molecule has 0 aliphatic carbocycles. The number of amides is 1. The van der Waals surface area contributed by atoms with Crippen molar-refractivity contribution in [2.24, 2.45) is 0 Å². The number of nitrogens with zero attached hydrogens (tertiary/aromatic N) is 5. The van der Waals surface area contributed by atoms with E-state index in [9.17, 15) is 4.79 Å². The number of hydrogen-bond acceptors (Lipinski definition) is 4. The van der Waals surface area contributed by atoms with Crippen molar-refractivity contribution >= 4 is 28.7 Å². The summed E-state index contributed by atoms with van der Waals surface area (Å²) in [5.74, 6) is 2.23. The van der Waals surface area contributed by atoms with E-state index in [0.29, 0.717) is 6.54 Å². The molecule has 114 valence electrons. The highest BCUT2D eigenvalue weighted by molar-refractivity contribution is 7.99. The van der Waals surface area contributed by atoms with Crippen LogP contribution in [-0.4, -0.2) is 55.0 Å². The van der Waals surface area contributed by atoms with Crippen LogP contribution in [0.4, 0.5) is 0 Å². The van der Waals surface area contributed by atoms with E-state index in [4.69, 9.17) is 0 Å². The zero-order valence-electron chi connectivity index (χ0n) is 12.7. The highest BCUT2D eigenvalue weighted by Crippen LogP contribution is 2.20. The van der Waals surface area contributed by atoms with Crippen LogP contribution < -0.4 is 0 Å². The molecule has 1 amide bonds. The maximum Gasteiger partial charge on any atom is 0.244 e. The molecule has 0 unspecified atom stereocenters. The molecule has 21 heavy (non-hydrogen) atoms. The first-order valence-electron chi connectivity index (χ1n) is 7.34. The molecule has 7 heteroatoms. The molecule has 3 heterocycles. The predicted octanol–water partition coefficient (Wildman–Crippen LogP) is 1.70. The number of thioether (sulfide) groups is 1. The molecule has 3 rings (SSSR count). The second-order valence-electron chi connectivity index (χ2n) is 5.68. The standard InChI is InChI=1S/C14H21N5OS/c1-10(2)19-12-8-18(16-14(12)11(3)15-19)9-13(20)17-4-6-21-7-5-17/h8,10H,4-7,9H2,1-3H3. The number of aromatic nitrogens is 4. The lowest BCUT2D eigenvalue weighted by Crippen LogP contribution is -2.39. The quantitative estimate of drug-likeness (QED) is 0.866. The summed E-state index contributed by atoms with van der Waals surface area (Å²) >= 11 is 1.91. The minimum absolute atomic E-state index is 0.155. The van der Waals surface area contributed by atoms with Crippen LogP contribution >= 0.6 is 11.8 Å². The Morgan fingerprint density at radius 2 is 2.05 bits per heavy atom. The molecule has 1 saturated heterocycles. The molecule has 0 radical (unpaired) electrons. The first-order valence-corrected chi connectivity index (χ1v) is 8.49.